The molecule has 0 spiro atoms. The van der Waals surface area contributed by atoms with Crippen LogP contribution in [0.25, 0.3) is 0 Å². The van der Waals surface area contributed by atoms with Crippen molar-refractivity contribution >= 4 is 5.69 Å². The van der Waals surface area contributed by atoms with Crippen molar-refractivity contribution in [2.45, 2.75) is 19.5 Å². The van der Waals surface area contributed by atoms with Crippen molar-refractivity contribution < 1.29 is 9.50 Å². The van der Waals surface area contributed by atoms with Crippen LogP contribution < -0.4 is 10.5 Å². The molecule has 1 N–H and O–H groups in total. The summed E-state index contributed by atoms with van der Waals surface area (Å²) in [5.41, 5.74) is 3.23. The molecule has 2 aromatic carbocycles. The molecule has 4 aromatic rings. The summed E-state index contributed by atoms with van der Waals surface area (Å²) in [6, 6.07) is 21.6. The third-order valence-electron chi connectivity index (χ3n) is 6.85. The molecule has 36 heavy (non-hydrogen) atoms. The van der Waals surface area contributed by atoms with Crippen LogP contribution in [0.15, 0.2) is 90.0 Å². The largest absolute Gasteiger partial charge is 0.507 e. The van der Waals surface area contributed by atoms with E-state index in [2.05, 4.69) is 9.88 Å². The molecular weight excluding hydrogens is 455 g/mol. The Labute approximate surface area is 209 Å². The SMILES string of the molecule is Cc1cc(O)c([C@H](c2cccnc2)N2CCN(c3ccccc3F)CC2)c(=O)n1Cc1ccccc1. The highest BCUT2D eigenvalue weighted by molar-refractivity contribution is 5.48. The van der Waals surface area contributed by atoms with Crippen molar-refractivity contribution in [1.29, 1.82) is 0 Å². The van der Waals surface area contributed by atoms with E-state index in [1.54, 1.807) is 35.2 Å². The fourth-order valence-corrected chi connectivity index (χ4v) is 5.02. The Bertz CT molecular complexity index is 1380. The first-order chi connectivity index (χ1) is 17.5. The average molecular weight is 485 g/mol. The molecule has 1 saturated heterocycles. The molecule has 6 nitrogen and oxygen atoms in total. The van der Waals surface area contributed by atoms with E-state index < -0.39 is 6.04 Å². The summed E-state index contributed by atoms with van der Waals surface area (Å²) < 4.78 is 16.1. The predicted molar refractivity (Wildman–Crippen MR) is 139 cm³/mol. The Kier molecular flexibility index (Phi) is 6.82. The van der Waals surface area contributed by atoms with Gasteiger partial charge in [-0.15, -0.1) is 0 Å². The van der Waals surface area contributed by atoms with E-state index in [1.807, 2.05) is 60.4 Å². The molecule has 1 aliphatic rings. The van der Waals surface area contributed by atoms with Gasteiger partial charge in [0.1, 0.15) is 11.6 Å². The van der Waals surface area contributed by atoms with Gasteiger partial charge in [-0.05, 0) is 42.3 Å². The molecule has 0 radical (unpaired) electrons. The van der Waals surface area contributed by atoms with E-state index in [0.29, 0.717) is 49.7 Å². The number of nitrogens with zero attached hydrogens (tertiary/aromatic N) is 4. The standard InChI is InChI=1S/C29H29FN4O2/c1-21-18-26(35)27(29(36)34(21)20-22-8-3-2-4-9-22)28(23-10-7-13-31-19-23)33-16-14-32(15-17-33)25-12-6-5-11-24(25)30/h2-13,18-19,28,35H,14-17,20H2,1H3/t28-/m0/s1. The average Bonchev–Trinajstić information content (AvgIpc) is 2.90. The first-order valence-corrected chi connectivity index (χ1v) is 12.1. The Hall–Kier alpha value is -3.97. The number of hydrogen-bond donors (Lipinski definition) is 1. The predicted octanol–water partition coefficient (Wildman–Crippen LogP) is 4.36. The van der Waals surface area contributed by atoms with Crippen molar-refractivity contribution in [3.63, 3.8) is 0 Å². The van der Waals surface area contributed by atoms with E-state index >= 15 is 0 Å². The molecular formula is C29H29FN4O2. The number of hydrogen-bond acceptors (Lipinski definition) is 5. The summed E-state index contributed by atoms with van der Waals surface area (Å²) in [7, 11) is 0. The minimum absolute atomic E-state index is 0.0211. The molecule has 0 bridgehead atoms. The molecule has 1 fully saturated rings. The molecule has 0 amide bonds. The second-order valence-corrected chi connectivity index (χ2v) is 9.12. The summed E-state index contributed by atoms with van der Waals surface area (Å²) >= 11 is 0. The fraction of sp³-hybridized carbons (Fsp3) is 0.241. The van der Waals surface area contributed by atoms with Gasteiger partial charge in [0, 0.05) is 44.3 Å². The van der Waals surface area contributed by atoms with Gasteiger partial charge in [-0.2, -0.15) is 0 Å². The number of rotatable bonds is 6. The van der Waals surface area contributed by atoms with Crippen molar-refractivity contribution in [2.75, 3.05) is 31.1 Å². The Balaban J connectivity index is 1.52. The number of para-hydroxylation sites is 1. The highest BCUT2D eigenvalue weighted by Gasteiger charge is 2.32. The second-order valence-electron chi connectivity index (χ2n) is 9.12. The lowest BCUT2D eigenvalue weighted by atomic mass is 9.97. The van der Waals surface area contributed by atoms with Gasteiger partial charge in [0.15, 0.2) is 0 Å². The van der Waals surface area contributed by atoms with Crippen molar-refractivity contribution in [3.8, 4) is 5.75 Å². The third kappa shape index (κ3) is 4.75. The third-order valence-corrected chi connectivity index (χ3v) is 6.85. The number of pyridine rings is 2. The highest BCUT2D eigenvalue weighted by Crippen LogP contribution is 2.33. The van der Waals surface area contributed by atoms with Crippen LogP contribution in [0.5, 0.6) is 5.75 Å². The van der Waals surface area contributed by atoms with Gasteiger partial charge in [-0.25, -0.2) is 4.39 Å². The van der Waals surface area contributed by atoms with Crippen LogP contribution in [0.3, 0.4) is 0 Å². The first-order valence-electron chi connectivity index (χ1n) is 12.1. The number of piperazine rings is 1. The number of aromatic hydroxyl groups is 1. The summed E-state index contributed by atoms with van der Waals surface area (Å²) in [6.07, 6.45) is 3.44. The summed E-state index contributed by atoms with van der Waals surface area (Å²) in [6.45, 7) is 4.64. The van der Waals surface area contributed by atoms with Gasteiger partial charge in [0.25, 0.3) is 5.56 Å². The molecule has 1 aliphatic heterocycles. The molecule has 184 valence electrons. The van der Waals surface area contributed by atoms with Gasteiger partial charge in [-0.1, -0.05) is 48.5 Å². The Morgan fingerprint density at radius 3 is 2.39 bits per heavy atom. The Morgan fingerprint density at radius 1 is 0.972 bits per heavy atom. The lowest BCUT2D eigenvalue weighted by molar-refractivity contribution is 0.207. The maximum Gasteiger partial charge on any atom is 0.259 e. The maximum atomic E-state index is 14.4. The van der Waals surface area contributed by atoms with E-state index in [-0.39, 0.29) is 17.1 Å². The normalized spacial score (nSPS) is 15.1. The van der Waals surface area contributed by atoms with Gasteiger partial charge in [-0.3, -0.25) is 14.7 Å². The zero-order chi connectivity index (χ0) is 25.1. The lowest BCUT2D eigenvalue weighted by Gasteiger charge is -2.40. The first kappa shape index (κ1) is 23.8. The van der Waals surface area contributed by atoms with Crippen LogP contribution in [0.4, 0.5) is 10.1 Å². The zero-order valence-corrected chi connectivity index (χ0v) is 20.2. The van der Waals surface area contributed by atoms with Crippen molar-refractivity contribution in [3.05, 3.63) is 124 Å². The van der Waals surface area contributed by atoms with E-state index in [4.69, 9.17) is 0 Å². The maximum absolute atomic E-state index is 14.4. The Morgan fingerprint density at radius 2 is 1.69 bits per heavy atom. The van der Waals surface area contributed by atoms with E-state index in [9.17, 15) is 14.3 Å². The number of halogens is 1. The van der Waals surface area contributed by atoms with Crippen LogP contribution >= 0.6 is 0 Å². The fourth-order valence-electron chi connectivity index (χ4n) is 5.02. The molecule has 0 aliphatic carbocycles. The molecule has 2 aromatic heterocycles. The van der Waals surface area contributed by atoms with Crippen molar-refractivity contribution in [2.24, 2.45) is 0 Å². The van der Waals surface area contributed by atoms with Crippen LogP contribution in [0, 0.1) is 12.7 Å². The van der Waals surface area contributed by atoms with Gasteiger partial charge in [0.2, 0.25) is 0 Å². The number of anilines is 1. The monoisotopic (exact) mass is 484 g/mol. The van der Waals surface area contributed by atoms with E-state index in [1.165, 1.54) is 6.07 Å². The van der Waals surface area contributed by atoms with Gasteiger partial charge >= 0.3 is 0 Å². The second kappa shape index (κ2) is 10.3. The number of aryl methyl sites for hydroxylation is 1. The van der Waals surface area contributed by atoms with Crippen LogP contribution in [0.1, 0.15) is 28.4 Å². The summed E-state index contributed by atoms with van der Waals surface area (Å²) in [5, 5.41) is 11.1. The van der Waals surface area contributed by atoms with E-state index in [0.717, 1.165) is 11.1 Å². The molecule has 0 unspecified atom stereocenters. The summed E-state index contributed by atoms with van der Waals surface area (Å²) in [4.78, 5) is 22.4. The van der Waals surface area contributed by atoms with Gasteiger partial charge < -0.3 is 14.6 Å². The number of aromatic nitrogens is 2. The smallest absolute Gasteiger partial charge is 0.259 e. The van der Waals surface area contributed by atoms with Crippen LogP contribution in [-0.4, -0.2) is 45.7 Å². The molecule has 5 rings (SSSR count). The molecule has 3 heterocycles. The summed E-state index contributed by atoms with van der Waals surface area (Å²) in [5.74, 6) is -0.262. The van der Waals surface area contributed by atoms with Crippen LogP contribution in [0.2, 0.25) is 0 Å². The quantitative estimate of drug-likeness (QED) is 0.441. The number of benzene rings is 2. The molecule has 7 heteroatoms. The molecule has 0 saturated carbocycles. The highest BCUT2D eigenvalue weighted by atomic mass is 19.1. The topological polar surface area (TPSA) is 61.6 Å². The molecule has 1 atom stereocenters. The lowest BCUT2D eigenvalue weighted by Crippen LogP contribution is -2.49. The van der Waals surface area contributed by atoms with Crippen LogP contribution in [-0.2, 0) is 6.54 Å². The van der Waals surface area contributed by atoms with Crippen molar-refractivity contribution in [1.82, 2.24) is 14.5 Å². The van der Waals surface area contributed by atoms with Gasteiger partial charge in [0.05, 0.1) is 23.8 Å². The minimum atomic E-state index is -0.475. The minimum Gasteiger partial charge on any atom is -0.507 e. The zero-order valence-electron chi connectivity index (χ0n) is 20.2.